The number of rotatable bonds is 7. The number of carbonyl (C=O) groups is 1. The van der Waals surface area contributed by atoms with Gasteiger partial charge in [0.2, 0.25) is 0 Å². The number of aromatic nitrogens is 2. The summed E-state index contributed by atoms with van der Waals surface area (Å²) in [5, 5.41) is 0.955. The van der Waals surface area contributed by atoms with Gasteiger partial charge in [0.15, 0.2) is 6.10 Å². The molecule has 0 saturated heterocycles. The molecular weight excluding hydrogens is 470 g/mol. The van der Waals surface area contributed by atoms with Gasteiger partial charge in [-0.1, -0.05) is 24.6 Å². The molecule has 0 aliphatic heterocycles. The van der Waals surface area contributed by atoms with Crippen molar-refractivity contribution in [3.05, 3.63) is 67.6 Å². The molecule has 8 heteroatoms. The minimum Gasteiger partial charge on any atom is -0.480 e. The highest BCUT2D eigenvalue weighted by Gasteiger charge is 2.23. The molecule has 3 aromatic rings. The molecule has 0 saturated carbocycles. The fraction of sp³-hybridized carbons (Fsp3) is 0.318. The number of carbonyl (C=O) groups excluding carboxylic acids is 1. The second-order valence-corrected chi connectivity index (χ2v) is 8.42. The molecule has 3 rings (SSSR count). The lowest BCUT2D eigenvalue weighted by atomic mass is 10.2. The van der Waals surface area contributed by atoms with E-state index in [0.29, 0.717) is 34.0 Å². The summed E-state index contributed by atoms with van der Waals surface area (Å²) in [6.45, 7) is 6.37. The first kappa shape index (κ1) is 22.3. The van der Waals surface area contributed by atoms with Crippen LogP contribution in [-0.4, -0.2) is 33.4 Å². The Balaban J connectivity index is 1.81. The van der Waals surface area contributed by atoms with Crippen LogP contribution in [0.15, 0.2) is 45.7 Å². The summed E-state index contributed by atoms with van der Waals surface area (Å²) in [6.07, 6.45) is 0.0632. The summed E-state index contributed by atoms with van der Waals surface area (Å²) in [5.41, 5.74) is 1.33. The second-order valence-electron chi connectivity index (χ2n) is 7.13. The average molecular weight is 493 g/mol. The second kappa shape index (κ2) is 9.62. The van der Waals surface area contributed by atoms with Crippen molar-refractivity contribution in [2.45, 2.75) is 39.8 Å². The molecule has 0 bridgehead atoms. The van der Waals surface area contributed by atoms with E-state index in [0.717, 1.165) is 16.5 Å². The number of aryl methyl sites for hydroxylation is 1. The van der Waals surface area contributed by atoms with Gasteiger partial charge < -0.3 is 14.6 Å². The number of aromatic amines is 1. The molecule has 0 radical (unpaired) electrons. The van der Waals surface area contributed by atoms with Crippen LogP contribution in [0.4, 0.5) is 0 Å². The van der Waals surface area contributed by atoms with E-state index < -0.39 is 6.10 Å². The van der Waals surface area contributed by atoms with Gasteiger partial charge in [-0.05, 0) is 72.1 Å². The third-order valence-corrected chi connectivity index (χ3v) is 5.46. The first-order valence-corrected chi connectivity index (χ1v) is 10.9. The maximum absolute atomic E-state index is 13.1. The number of amides is 1. The standard InChI is InChI=1S/C22H23BrClN3O3/c1-4-9-27(22(29)14(3)30-19-8-5-13(2)10-17(19)23)12-20-25-18-11-15(24)6-7-16(18)21(28)26-20/h5-8,10-11,14H,4,9,12H2,1-3H3,(H,25,26,28). The van der Waals surface area contributed by atoms with Gasteiger partial charge >= 0.3 is 0 Å². The van der Waals surface area contributed by atoms with Crippen LogP contribution >= 0.6 is 27.5 Å². The summed E-state index contributed by atoms with van der Waals surface area (Å²) < 4.78 is 6.68. The van der Waals surface area contributed by atoms with E-state index in [2.05, 4.69) is 25.9 Å². The van der Waals surface area contributed by atoms with E-state index in [1.807, 2.05) is 32.0 Å². The first-order valence-electron chi connectivity index (χ1n) is 9.68. The number of benzene rings is 2. The highest BCUT2D eigenvalue weighted by Crippen LogP contribution is 2.27. The summed E-state index contributed by atoms with van der Waals surface area (Å²) in [5.74, 6) is 0.822. The third-order valence-electron chi connectivity index (χ3n) is 4.60. The van der Waals surface area contributed by atoms with E-state index in [1.165, 1.54) is 0 Å². The van der Waals surface area contributed by atoms with Crippen LogP contribution < -0.4 is 10.3 Å². The largest absolute Gasteiger partial charge is 0.480 e. The van der Waals surface area contributed by atoms with Gasteiger partial charge in [-0.2, -0.15) is 0 Å². The molecule has 158 valence electrons. The Bertz CT molecular complexity index is 1130. The Morgan fingerprint density at radius 2 is 2.07 bits per heavy atom. The Labute approximate surface area is 188 Å². The molecule has 6 nitrogen and oxygen atoms in total. The zero-order valence-electron chi connectivity index (χ0n) is 17.0. The molecule has 0 fully saturated rings. The van der Waals surface area contributed by atoms with Crippen LogP contribution in [0.1, 0.15) is 31.7 Å². The Morgan fingerprint density at radius 3 is 2.77 bits per heavy atom. The molecule has 1 atom stereocenters. The average Bonchev–Trinajstić information content (AvgIpc) is 2.68. The number of halogens is 2. The maximum atomic E-state index is 13.1. The van der Waals surface area contributed by atoms with Gasteiger partial charge in [-0.15, -0.1) is 0 Å². The number of hydrogen-bond donors (Lipinski definition) is 1. The van der Waals surface area contributed by atoms with Crippen molar-refractivity contribution >= 4 is 44.3 Å². The fourth-order valence-corrected chi connectivity index (χ4v) is 3.91. The number of hydrogen-bond acceptors (Lipinski definition) is 4. The zero-order valence-corrected chi connectivity index (χ0v) is 19.4. The molecule has 1 aromatic heterocycles. The molecular formula is C22H23BrClN3O3. The number of H-pyrrole nitrogens is 1. The lowest BCUT2D eigenvalue weighted by molar-refractivity contribution is -0.138. The lowest BCUT2D eigenvalue weighted by Crippen LogP contribution is -2.41. The third kappa shape index (κ3) is 5.21. The summed E-state index contributed by atoms with van der Waals surface area (Å²) in [4.78, 5) is 34.3. The van der Waals surface area contributed by atoms with Gasteiger partial charge in [0, 0.05) is 11.6 Å². The van der Waals surface area contributed by atoms with Gasteiger partial charge in [0.25, 0.3) is 11.5 Å². The van der Waals surface area contributed by atoms with Crippen molar-refractivity contribution in [2.24, 2.45) is 0 Å². The molecule has 0 aliphatic carbocycles. The molecule has 1 N–H and O–H groups in total. The van der Waals surface area contributed by atoms with Crippen molar-refractivity contribution in [3.63, 3.8) is 0 Å². The first-order chi connectivity index (χ1) is 14.3. The van der Waals surface area contributed by atoms with Crippen molar-refractivity contribution < 1.29 is 9.53 Å². The highest BCUT2D eigenvalue weighted by atomic mass is 79.9. The van der Waals surface area contributed by atoms with Gasteiger partial charge in [0.1, 0.15) is 11.6 Å². The van der Waals surface area contributed by atoms with Gasteiger partial charge in [-0.3, -0.25) is 9.59 Å². The van der Waals surface area contributed by atoms with E-state index in [9.17, 15) is 9.59 Å². The summed E-state index contributed by atoms with van der Waals surface area (Å²) in [6, 6.07) is 10.6. The fourth-order valence-electron chi connectivity index (χ4n) is 3.15. The van der Waals surface area contributed by atoms with Crippen molar-refractivity contribution in [2.75, 3.05) is 6.54 Å². The van der Waals surface area contributed by atoms with Crippen LogP contribution in [0, 0.1) is 6.92 Å². The molecule has 30 heavy (non-hydrogen) atoms. The molecule has 1 amide bonds. The van der Waals surface area contributed by atoms with Crippen molar-refractivity contribution in [3.8, 4) is 5.75 Å². The SMILES string of the molecule is CCCN(Cc1nc2cc(Cl)ccc2c(=O)[nH]1)C(=O)C(C)Oc1ccc(C)cc1Br. The van der Waals surface area contributed by atoms with Crippen LogP contribution in [0.5, 0.6) is 5.75 Å². The Morgan fingerprint density at radius 1 is 1.30 bits per heavy atom. The lowest BCUT2D eigenvalue weighted by Gasteiger charge is -2.25. The molecule has 0 spiro atoms. The molecule has 1 unspecified atom stereocenters. The van der Waals surface area contributed by atoms with E-state index in [4.69, 9.17) is 16.3 Å². The van der Waals surface area contributed by atoms with Crippen LogP contribution in [0.2, 0.25) is 5.02 Å². The monoisotopic (exact) mass is 491 g/mol. The van der Waals surface area contributed by atoms with Gasteiger partial charge in [-0.25, -0.2) is 4.98 Å². The quantitative estimate of drug-likeness (QED) is 0.511. The van der Waals surface area contributed by atoms with E-state index in [1.54, 1.807) is 30.0 Å². The molecule has 2 aromatic carbocycles. The van der Waals surface area contributed by atoms with E-state index >= 15 is 0 Å². The topological polar surface area (TPSA) is 75.3 Å². The number of nitrogens with zero attached hydrogens (tertiary/aromatic N) is 2. The number of nitrogens with one attached hydrogen (secondary N) is 1. The predicted molar refractivity (Wildman–Crippen MR) is 122 cm³/mol. The minimum atomic E-state index is -0.697. The summed E-state index contributed by atoms with van der Waals surface area (Å²) >= 11 is 9.51. The van der Waals surface area contributed by atoms with Crippen molar-refractivity contribution in [1.29, 1.82) is 0 Å². The Hall–Kier alpha value is -2.38. The number of fused-ring (bicyclic) bond motifs is 1. The van der Waals surface area contributed by atoms with Crippen molar-refractivity contribution in [1.82, 2.24) is 14.9 Å². The smallest absolute Gasteiger partial charge is 0.263 e. The van der Waals surface area contributed by atoms with Crippen LogP contribution in [0.25, 0.3) is 10.9 Å². The zero-order chi connectivity index (χ0) is 21.8. The van der Waals surface area contributed by atoms with Gasteiger partial charge in [0.05, 0.1) is 21.9 Å². The van der Waals surface area contributed by atoms with Crippen LogP contribution in [0.3, 0.4) is 0 Å². The number of ether oxygens (including phenoxy) is 1. The normalized spacial score (nSPS) is 12.0. The highest BCUT2D eigenvalue weighted by molar-refractivity contribution is 9.10. The predicted octanol–water partition coefficient (Wildman–Crippen LogP) is 4.85. The Kier molecular flexibility index (Phi) is 7.15. The molecule has 0 aliphatic rings. The molecule has 1 heterocycles. The van der Waals surface area contributed by atoms with E-state index in [-0.39, 0.29) is 18.0 Å². The van der Waals surface area contributed by atoms with Crippen LogP contribution in [-0.2, 0) is 11.3 Å². The summed E-state index contributed by atoms with van der Waals surface area (Å²) in [7, 11) is 0. The minimum absolute atomic E-state index is 0.174. The maximum Gasteiger partial charge on any atom is 0.263 e.